The van der Waals surface area contributed by atoms with Gasteiger partial charge < -0.3 is 29.1 Å². The number of nitrogens with two attached hydrogens (primary N) is 1. The minimum atomic E-state index is -1.32. The van der Waals surface area contributed by atoms with E-state index in [0.29, 0.717) is 30.5 Å². The number of carboxylic acids is 1. The molecule has 0 saturated heterocycles. The fourth-order valence-electron chi connectivity index (χ4n) is 4.01. The Morgan fingerprint density at radius 2 is 1.24 bits per heavy atom. The van der Waals surface area contributed by atoms with E-state index in [2.05, 4.69) is 14.8 Å². The first-order chi connectivity index (χ1) is 22.2. The topological polar surface area (TPSA) is 174 Å². The average Bonchev–Trinajstić information content (AvgIpc) is 3.05. The van der Waals surface area contributed by atoms with Crippen LogP contribution >= 0.6 is 0 Å². The van der Waals surface area contributed by atoms with Crippen molar-refractivity contribution in [3.63, 3.8) is 0 Å². The summed E-state index contributed by atoms with van der Waals surface area (Å²) in [5, 5.41) is 18.1. The summed E-state index contributed by atoms with van der Waals surface area (Å²) in [6.45, 7) is 4.87. The lowest BCUT2D eigenvalue weighted by molar-refractivity contribution is -0.253. The molecule has 0 aliphatic heterocycles. The van der Waals surface area contributed by atoms with Gasteiger partial charge in [-0.25, -0.2) is 14.5 Å². The van der Waals surface area contributed by atoms with Crippen LogP contribution in [0.25, 0.3) is 0 Å². The fraction of sp³-hybridized carbons (Fsp3) is 0.212. The molecule has 4 N–H and O–H groups in total. The first-order valence-electron chi connectivity index (χ1n) is 13.9. The molecule has 46 heavy (non-hydrogen) atoms. The Kier molecular flexibility index (Phi) is 11.9. The summed E-state index contributed by atoms with van der Waals surface area (Å²) in [5.74, 6) is 4.50. The van der Waals surface area contributed by atoms with Crippen molar-refractivity contribution in [2.45, 2.75) is 27.1 Å². The summed E-state index contributed by atoms with van der Waals surface area (Å²) in [6, 6.07) is 24.2. The van der Waals surface area contributed by atoms with Crippen LogP contribution in [0.2, 0.25) is 0 Å². The van der Waals surface area contributed by atoms with Crippen molar-refractivity contribution in [3.8, 4) is 28.7 Å². The molecule has 0 spiro atoms. The van der Waals surface area contributed by atoms with E-state index >= 15 is 0 Å². The van der Waals surface area contributed by atoms with Gasteiger partial charge in [-0.2, -0.15) is 10.8 Å². The average molecular weight is 636 g/mol. The molecule has 0 amide bonds. The van der Waals surface area contributed by atoms with Crippen molar-refractivity contribution in [2.75, 3.05) is 13.2 Å². The van der Waals surface area contributed by atoms with E-state index < -0.39 is 11.9 Å². The van der Waals surface area contributed by atoms with Gasteiger partial charge in [-0.1, -0.05) is 43.1 Å². The monoisotopic (exact) mass is 635 g/mol. The molecule has 0 aliphatic carbocycles. The van der Waals surface area contributed by atoms with Crippen LogP contribution in [-0.2, 0) is 28.0 Å². The fourth-order valence-corrected chi connectivity index (χ4v) is 4.01. The number of rotatable bonds is 17. The van der Waals surface area contributed by atoms with Gasteiger partial charge in [0.15, 0.2) is 11.5 Å². The zero-order valence-electron chi connectivity index (χ0n) is 25.0. The van der Waals surface area contributed by atoms with Crippen LogP contribution in [0.1, 0.15) is 45.7 Å². The quantitative estimate of drug-likeness (QED) is 0.0552. The third kappa shape index (κ3) is 9.92. The van der Waals surface area contributed by atoms with Gasteiger partial charge in [-0.15, -0.1) is 0 Å². The molecule has 0 bridgehead atoms. The van der Waals surface area contributed by atoms with Crippen molar-refractivity contribution in [3.05, 3.63) is 113 Å². The predicted octanol–water partition coefficient (Wildman–Crippen LogP) is 5.77. The summed E-state index contributed by atoms with van der Waals surface area (Å²) in [7, 11) is 0. The summed E-state index contributed by atoms with van der Waals surface area (Å²) < 4.78 is 17.2. The van der Waals surface area contributed by atoms with Gasteiger partial charge in [-0.3, -0.25) is 5.26 Å². The lowest BCUT2D eigenvalue weighted by Gasteiger charge is -2.25. The molecule has 0 radical (unpaired) electrons. The molecule has 0 heterocycles. The van der Waals surface area contributed by atoms with Gasteiger partial charge >= 0.3 is 11.9 Å². The highest BCUT2D eigenvalue weighted by Crippen LogP contribution is 2.26. The SMILES string of the molecule is CC(C)(COc1ccc(OOCc2ccccc2COO)cc1)COc1ccc(OC(=O)c2cc(OON)ccc2C(=O)O)cc1. The van der Waals surface area contributed by atoms with Gasteiger partial charge in [0.25, 0.3) is 0 Å². The molecule has 13 heteroatoms. The van der Waals surface area contributed by atoms with Crippen molar-refractivity contribution in [2.24, 2.45) is 11.3 Å². The van der Waals surface area contributed by atoms with Gasteiger partial charge in [-0.05, 0) is 77.9 Å². The van der Waals surface area contributed by atoms with E-state index in [1.807, 2.05) is 38.1 Å². The highest BCUT2D eigenvalue weighted by atomic mass is 17.3. The zero-order valence-corrected chi connectivity index (χ0v) is 25.0. The normalized spacial score (nSPS) is 11.0. The maximum Gasteiger partial charge on any atom is 0.344 e. The molecular formula is C33H33NO12. The molecule has 4 aromatic carbocycles. The van der Waals surface area contributed by atoms with Crippen molar-refractivity contribution in [1.29, 1.82) is 0 Å². The van der Waals surface area contributed by atoms with Gasteiger partial charge in [0.2, 0.25) is 0 Å². The maximum absolute atomic E-state index is 12.7. The van der Waals surface area contributed by atoms with Gasteiger partial charge in [0.05, 0.1) is 24.3 Å². The Labute approximate surface area is 264 Å². The number of ether oxygens (including phenoxy) is 3. The molecule has 0 unspecified atom stereocenters. The molecule has 242 valence electrons. The van der Waals surface area contributed by atoms with Crippen LogP contribution in [0.4, 0.5) is 0 Å². The second-order valence-corrected chi connectivity index (χ2v) is 10.7. The molecule has 0 saturated carbocycles. The Hall–Kier alpha value is -5.18. The van der Waals surface area contributed by atoms with Crippen LogP contribution in [0, 0.1) is 5.41 Å². The molecule has 0 atom stereocenters. The smallest absolute Gasteiger partial charge is 0.344 e. The first kappa shape index (κ1) is 33.7. The number of carbonyl (C=O) groups is 2. The summed E-state index contributed by atoms with van der Waals surface area (Å²) in [6.07, 6.45) is 0. The van der Waals surface area contributed by atoms with E-state index in [-0.39, 0.29) is 41.3 Å². The first-order valence-corrected chi connectivity index (χ1v) is 13.9. The number of esters is 1. The molecule has 13 nitrogen and oxygen atoms in total. The Balaban J connectivity index is 1.23. The molecule has 0 fully saturated rings. The van der Waals surface area contributed by atoms with Crippen LogP contribution in [0.15, 0.2) is 91.0 Å². The van der Waals surface area contributed by atoms with Crippen molar-refractivity contribution < 1.29 is 58.7 Å². The second kappa shape index (κ2) is 16.2. The Morgan fingerprint density at radius 1 is 0.696 bits per heavy atom. The van der Waals surface area contributed by atoms with E-state index in [9.17, 15) is 14.7 Å². The van der Waals surface area contributed by atoms with Crippen molar-refractivity contribution in [1.82, 2.24) is 0 Å². The van der Waals surface area contributed by atoms with Crippen LogP contribution in [-0.4, -0.2) is 35.5 Å². The third-order valence-electron chi connectivity index (χ3n) is 6.41. The number of hydrogen-bond acceptors (Lipinski definition) is 12. The minimum Gasteiger partial charge on any atom is -0.493 e. The van der Waals surface area contributed by atoms with Crippen molar-refractivity contribution >= 4 is 11.9 Å². The second-order valence-electron chi connectivity index (χ2n) is 10.7. The number of aromatic carboxylic acids is 1. The number of carboxylic acid groups (broad SMARTS) is 1. The standard InChI is InChI=1S/C33H33NO12/c1-33(2,21-40-25-9-13-27(14-10-25)44-42-19-23-6-4-3-5-22(23)18-41-38)20-39-24-7-11-26(12-8-24)43-32(37)30-17-28(45-46-34)15-16-29(30)31(35)36/h3-17,38H,18-21,34H2,1-2H3,(H,35,36). The Morgan fingerprint density at radius 3 is 1.80 bits per heavy atom. The maximum atomic E-state index is 12.7. The third-order valence-corrected chi connectivity index (χ3v) is 6.41. The predicted molar refractivity (Wildman–Crippen MR) is 161 cm³/mol. The Bertz CT molecular complexity index is 1590. The summed E-state index contributed by atoms with van der Waals surface area (Å²) >= 11 is 0. The van der Waals surface area contributed by atoms with Crippen LogP contribution < -0.4 is 29.9 Å². The number of carbonyl (C=O) groups excluding carboxylic acids is 1. The number of benzene rings is 4. The zero-order chi connectivity index (χ0) is 32.9. The van der Waals surface area contributed by atoms with E-state index in [4.69, 9.17) is 35.1 Å². The molecule has 4 aromatic rings. The minimum absolute atomic E-state index is 0.0239. The van der Waals surface area contributed by atoms with E-state index in [1.165, 1.54) is 24.3 Å². The molecular weight excluding hydrogens is 602 g/mol. The molecule has 0 aromatic heterocycles. The summed E-state index contributed by atoms with van der Waals surface area (Å²) in [5.41, 5.74) is 0.716. The van der Waals surface area contributed by atoms with Crippen LogP contribution in [0.3, 0.4) is 0 Å². The highest BCUT2D eigenvalue weighted by molar-refractivity contribution is 6.03. The lowest BCUT2D eigenvalue weighted by atomic mass is 9.96. The summed E-state index contributed by atoms with van der Waals surface area (Å²) in [4.78, 5) is 47.9. The van der Waals surface area contributed by atoms with Gasteiger partial charge in [0.1, 0.15) is 30.5 Å². The lowest BCUT2D eigenvalue weighted by Crippen LogP contribution is -2.28. The van der Waals surface area contributed by atoms with E-state index in [0.717, 1.165) is 17.2 Å². The van der Waals surface area contributed by atoms with E-state index in [1.54, 1.807) is 36.4 Å². The highest BCUT2D eigenvalue weighted by Gasteiger charge is 2.22. The van der Waals surface area contributed by atoms with Gasteiger partial charge in [0, 0.05) is 5.41 Å². The largest absolute Gasteiger partial charge is 0.493 e. The number of hydrogen-bond donors (Lipinski definition) is 3. The molecule has 0 aliphatic rings. The molecule has 4 rings (SSSR count). The van der Waals surface area contributed by atoms with Crippen LogP contribution in [0.5, 0.6) is 28.7 Å².